The van der Waals surface area contributed by atoms with E-state index in [1.54, 1.807) is 0 Å². The Morgan fingerprint density at radius 1 is 0.519 bits per heavy atom. The van der Waals surface area contributed by atoms with Crippen LogP contribution in [0.3, 0.4) is 0 Å². The highest BCUT2D eigenvalue weighted by Crippen LogP contribution is 2.64. The molecule has 2 heterocycles. The summed E-state index contributed by atoms with van der Waals surface area (Å²) in [6.45, 7) is 14.4. The van der Waals surface area contributed by atoms with Crippen LogP contribution in [0.4, 0.5) is 17.1 Å². The second kappa shape index (κ2) is 11.6. The number of anilines is 3. The fourth-order valence-electron chi connectivity index (χ4n) is 9.92. The van der Waals surface area contributed by atoms with Gasteiger partial charge in [-0.15, -0.1) is 0 Å². The van der Waals surface area contributed by atoms with Crippen LogP contribution < -0.4 is 26.0 Å². The molecule has 4 heteroatoms. The van der Waals surface area contributed by atoms with Gasteiger partial charge in [0.2, 0.25) is 0 Å². The second-order valence-electron chi connectivity index (χ2n) is 17.0. The molecule has 1 unspecified atom stereocenters. The Labute approximate surface area is 326 Å². The SMILES string of the molecule is Cc1ccc2c(c1)C1(c3ccccc3-c3ccccc31)c1cc([Si](C)(C)C)ccc1N2c1ccc2c(c1)C(C)(C)c1ccccc1P2(=S)c1ccccc1. The van der Waals surface area contributed by atoms with Crippen LogP contribution in [0.2, 0.25) is 19.6 Å². The lowest BCUT2D eigenvalue weighted by molar-refractivity contribution is 0.647. The number of aryl methyl sites for hydroxylation is 1. The minimum absolute atomic E-state index is 0.236. The van der Waals surface area contributed by atoms with E-state index < -0.39 is 19.5 Å². The molecule has 54 heavy (non-hydrogen) atoms. The average molecular weight is 750 g/mol. The molecule has 2 aliphatic heterocycles. The van der Waals surface area contributed by atoms with Gasteiger partial charge >= 0.3 is 0 Å². The summed E-state index contributed by atoms with van der Waals surface area (Å²) < 4.78 is 0. The molecule has 1 spiro atoms. The molecular formula is C50H44NPSSi. The number of hydrogen-bond acceptors (Lipinski definition) is 2. The Morgan fingerprint density at radius 3 is 1.74 bits per heavy atom. The van der Waals surface area contributed by atoms with Crippen LogP contribution in [-0.2, 0) is 22.6 Å². The first kappa shape index (κ1) is 33.8. The number of rotatable bonds is 3. The molecule has 1 nitrogen and oxygen atoms in total. The van der Waals surface area contributed by atoms with Crippen LogP contribution in [0.1, 0.15) is 52.8 Å². The van der Waals surface area contributed by atoms with Crippen molar-refractivity contribution in [2.75, 3.05) is 4.90 Å². The summed E-state index contributed by atoms with van der Waals surface area (Å²) in [5.41, 5.74) is 15.0. The second-order valence-corrected chi connectivity index (χ2v) is 26.4. The van der Waals surface area contributed by atoms with Crippen molar-refractivity contribution in [3.63, 3.8) is 0 Å². The molecule has 3 aliphatic rings. The Morgan fingerprint density at radius 2 is 1.07 bits per heavy atom. The van der Waals surface area contributed by atoms with Gasteiger partial charge in [-0.1, -0.05) is 190 Å². The van der Waals surface area contributed by atoms with E-state index in [0.717, 1.165) is 0 Å². The first-order valence-corrected chi connectivity index (χ1v) is 25.4. The highest BCUT2D eigenvalue weighted by Gasteiger charge is 2.52. The normalized spacial score (nSPS) is 18.2. The third-order valence-electron chi connectivity index (χ3n) is 12.5. The Kier molecular flexibility index (Phi) is 7.25. The van der Waals surface area contributed by atoms with Crippen LogP contribution in [-0.4, -0.2) is 8.07 Å². The zero-order valence-corrected chi connectivity index (χ0v) is 34.5. The quantitative estimate of drug-likeness (QED) is 0.131. The van der Waals surface area contributed by atoms with E-state index in [1.165, 1.54) is 88.2 Å². The van der Waals surface area contributed by atoms with Gasteiger partial charge < -0.3 is 4.90 Å². The molecule has 0 amide bonds. The topological polar surface area (TPSA) is 3.24 Å². The molecule has 10 rings (SSSR count). The molecule has 264 valence electrons. The first-order chi connectivity index (χ1) is 26.0. The summed E-state index contributed by atoms with van der Waals surface area (Å²) in [7, 11) is -1.69. The third-order valence-corrected chi connectivity index (χ3v) is 19.6. The molecule has 0 saturated heterocycles. The fourth-order valence-corrected chi connectivity index (χ4v) is 15.8. The monoisotopic (exact) mass is 749 g/mol. The number of fused-ring (bicyclic) bond motifs is 11. The molecule has 7 aromatic rings. The first-order valence-electron chi connectivity index (χ1n) is 19.1. The maximum Gasteiger partial charge on any atom is 0.0776 e. The Balaban J connectivity index is 1.29. The molecule has 0 fully saturated rings. The average Bonchev–Trinajstić information content (AvgIpc) is 3.48. The van der Waals surface area contributed by atoms with Crippen molar-refractivity contribution < 1.29 is 0 Å². The lowest BCUT2D eigenvalue weighted by atomic mass is 9.64. The molecule has 7 aromatic carbocycles. The van der Waals surface area contributed by atoms with E-state index in [9.17, 15) is 0 Å². The molecule has 1 atom stereocenters. The minimum Gasteiger partial charge on any atom is -0.310 e. The highest BCUT2D eigenvalue weighted by atomic mass is 32.4. The van der Waals surface area contributed by atoms with Gasteiger partial charge in [0.25, 0.3) is 0 Å². The van der Waals surface area contributed by atoms with Crippen LogP contribution in [0.5, 0.6) is 0 Å². The molecule has 0 N–H and O–H groups in total. The molecule has 0 radical (unpaired) electrons. The largest absolute Gasteiger partial charge is 0.310 e. The van der Waals surface area contributed by atoms with Gasteiger partial charge in [0.1, 0.15) is 0 Å². The summed E-state index contributed by atoms with van der Waals surface area (Å²) in [5.74, 6) is 0. The van der Waals surface area contributed by atoms with Crippen molar-refractivity contribution in [2.24, 2.45) is 0 Å². The van der Waals surface area contributed by atoms with Gasteiger partial charge in [-0.3, -0.25) is 0 Å². The summed E-state index contributed by atoms with van der Waals surface area (Å²) in [4.78, 5) is 2.57. The van der Waals surface area contributed by atoms with Crippen molar-refractivity contribution in [3.05, 3.63) is 197 Å². The summed E-state index contributed by atoms with van der Waals surface area (Å²) >= 11 is 6.97. The Bertz CT molecular complexity index is 2690. The number of hydrogen-bond donors (Lipinski definition) is 0. The van der Waals surface area contributed by atoms with Crippen molar-refractivity contribution in [2.45, 2.75) is 51.2 Å². The summed E-state index contributed by atoms with van der Waals surface area (Å²) in [5, 5.41) is 5.35. The van der Waals surface area contributed by atoms with E-state index in [1.807, 2.05) is 0 Å². The number of nitrogens with zero attached hydrogens (tertiary/aromatic N) is 1. The van der Waals surface area contributed by atoms with Crippen molar-refractivity contribution in [3.8, 4) is 11.1 Å². The third kappa shape index (κ3) is 4.41. The van der Waals surface area contributed by atoms with E-state index >= 15 is 0 Å². The van der Waals surface area contributed by atoms with Crippen molar-refractivity contribution >= 4 is 64.1 Å². The van der Waals surface area contributed by atoms with E-state index in [4.69, 9.17) is 11.8 Å². The predicted octanol–water partition coefficient (Wildman–Crippen LogP) is 11.1. The van der Waals surface area contributed by atoms with Gasteiger partial charge in [-0.25, -0.2) is 0 Å². The van der Waals surface area contributed by atoms with Crippen LogP contribution in [0, 0.1) is 6.92 Å². The van der Waals surface area contributed by atoms with Crippen LogP contribution in [0.25, 0.3) is 11.1 Å². The van der Waals surface area contributed by atoms with E-state index in [2.05, 4.69) is 203 Å². The maximum atomic E-state index is 6.97. The highest BCUT2D eigenvalue weighted by molar-refractivity contribution is 8.25. The smallest absolute Gasteiger partial charge is 0.0776 e. The minimum atomic E-state index is -2.33. The van der Waals surface area contributed by atoms with Gasteiger partial charge in [0.15, 0.2) is 0 Å². The van der Waals surface area contributed by atoms with Crippen molar-refractivity contribution in [1.29, 1.82) is 0 Å². The van der Waals surface area contributed by atoms with Gasteiger partial charge in [-0.2, -0.15) is 0 Å². The van der Waals surface area contributed by atoms with E-state index in [-0.39, 0.29) is 5.41 Å². The van der Waals surface area contributed by atoms with Gasteiger partial charge in [0.05, 0.1) is 24.9 Å². The Hall–Kier alpha value is -4.79. The zero-order valence-electron chi connectivity index (χ0n) is 31.8. The lowest BCUT2D eigenvalue weighted by Crippen LogP contribution is -2.43. The maximum absolute atomic E-state index is 6.97. The van der Waals surface area contributed by atoms with Crippen molar-refractivity contribution in [1.82, 2.24) is 0 Å². The fraction of sp³-hybridized carbons (Fsp3) is 0.160. The summed E-state index contributed by atoms with van der Waals surface area (Å²) in [6, 6.07) is 57.7. The molecule has 0 saturated carbocycles. The molecule has 1 aliphatic carbocycles. The molecular weight excluding hydrogens is 706 g/mol. The van der Waals surface area contributed by atoms with Gasteiger partial charge in [-0.05, 0) is 91.6 Å². The van der Waals surface area contributed by atoms with E-state index in [0.29, 0.717) is 0 Å². The summed E-state index contributed by atoms with van der Waals surface area (Å²) in [6.07, 6.45) is 0. The standard InChI is InChI=1S/C50H44NPSSi/c1-33-24-27-45-42(30-33)50(39-20-12-10-18-37(39)38-19-11-13-21-40(38)50)43-32-36(54(4,5)6)26-28-46(43)51(45)34-25-29-48-44(31-34)49(2,3)41-22-14-15-23-47(41)52(48,53)35-16-8-7-9-17-35/h7-32H,1-6H3. The van der Waals surface area contributed by atoms with Crippen LogP contribution in [0.15, 0.2) is 158 Å². The predicted molar refractivity (Wildman–Crippen MR) is 238 cm³/mol. The lowest BCUT2D eigenvalue weighted by Gasteiger charge is -2.46. The molecule has 0 aromatic heterocycles. The molecule has 0 bridgehead atoms. The van der Waals surface area contributed by atoms with Crippen LogP contribution >= 0.6 is 6.04 Å². The van der Waals surface area contributed by atoms with Gasteiger partial charge in [0, 0.05) is 17.1 Å². The zero-order chi connectivity index (χ0) is 37.2. The number of benzene rings is 7.